The molecule has 2 aromatic rings. The number of benzene rings is 2. The Labute approximate surface area is 204 Å². The second-order valence-corrected chi connectivity index (χ2v) is 10.5. The molecule has 0 atom stereocenters. The lowest BCUT2D eigenvalue weighted by Crippen LogP contribution is -2.21. The fourth-order valence-corrected chi connectivity index (χ4v) is 5.54. The van der Waals surface area contributed by atoms with Crippen LogP contribution in [0.2, 0.25) is 0 Å². The second kappa shape index (κ2) is 12.2. The fourth-order valence-electron chi connectivity index (χ4n) is 5.54. The highest BCUT2D eigenvalue weighted by molar-refractivity contribution is 5.30. The van der Waals surface area contributed by atoms with Gasteiger partial charge in [-0.2, -0.15) is 0 Å². The maximum Gasteiger partial charge on any atom is 0.129 e. The normalized spacial score (nSPS) is 25.3. The highest BCUT2D eigenvalue weighted by Crippen LogP contribution is 2.36. The summed E-state index contributed by atoms with van der Waals surface area (Å²) >= 11 is 0. The summed E-state index contributed by atoms with van der Waals surface area (Å²) in [5, 5.41) is 0. The van der Waals surface area contributed by atoms with Crippen molar-refractivity contribution in [1.82, 2.24) is 0 Å². The van der Waals surface area contributed by atoms with Gasteiger partial charge in [0.2, 0.25) is 0 Å². The lowest BCUT2D eigenvalue weighted by molar-refractivity contribution is 0.0216. The molecule has 0 spiro atoms. The van der Waals surface area contributed by atoms with Crippen molar-refractivity contribution < 1.29 is 18.3 Å². The third-order valence-electron chi connectivity index (χ3n) is 7.98. The topological polar surface area (TPSA) is 18.5 Å². The van der Waals surface area contributed by atoms with Gasteiger partial charge >= 0.3 is 0 Å². The van der Waals surface area contributed by atoms with E-state index in [1.807, 2.05) is 0 Å². The van der Waals surface area contributed by atoms with Crippen LogP contribution in [0.3, 0.4) is 0 Å². The molecule has 34 heavy (non-hydrogen) atoms. The summed E-state index contributed by atoms with van der Waals surface area (Å²) < 4.78 is 39.8. The minimum atomic E-state index is -0.439. The van der Waals surface area contributed by atoms with Crippen LogP contribution in [0.25, 0.3) is 0 Å². The maximum absolute atomic E-state index is 13.9. The quantitative estimate of drug-likeness (QED) is 0.342. The number of unbranched alkanes of at least 4 members (excludes halogenated alkanes) is 1. The molecule has 0 heterocycles. The monoisotopic (exact) mass is 470 g/mol. The molecule has 0 amide bonds. The Kier molecular flexibility index (Phi) is 8.99. The minimum absolute atomic E-state index is 0.107. The van der Waals surface area contributed by atoms with E-state index >= 15 is 0 Å². The van der Waals surface area contributed by atoms with Crippen LogP contribution in [0.5, 0.6) is 5.75 Å². The van der Waals surface area contributed by atoms with Gasteiger partial charge in [0.25, 0.3) is 0 Å². The van der Waals surface area contributed by atoms with Gasteiger partial charge in [-0.15, -0.1) is 0 Å². The molecule has 4 rings (SSSR count). The fraction of sp³-hybridized carbons (Fsp3) is 0.600. The molecular formula is C30H40F2O2. The molecule has 0 radical (unpaired) electrons. The molecule has 2 aromatic carbocycles. The molecule has 0 N–H and O–H groups in total. The van der Waals surface area contributed by atoms with Crippen LogP contribution in [0.4, 0.5) is 8.78 Å². The molecule has 2 fully saturated rings. The molecule has 0 bridgehead atoms. The van der Waals surface area contributed by atoms with E-state index < -0.39 is 11.6 Å². The van der Waals surface area contributed by atoms with E-state index in [-0.39, 0.29) is 17.6 Å². The number of hydrogen-bond acceptors (Lipinski definition) is 2. The molecule has 186 valence electrons. The first-order valence-electron chi connectivity index (χ1n) is 13.3. The van der Waals surface area contributed by atoms with E-state index in [2.05, 4.69) is 31.2 Å². The molecule has 4 heteroatoms. The Hall–Kier alpha value is -1.94. The Morgan fingerprint density at radius 2 is 1.29 bits per heavy atom. The first-order chi connectivity index (χ1) is 16.5. The molecule has 2 aliphatic carbocycles. The second-order valence-electron chi connectivity index (χ2n) is 10.5. The van der Waals surface area contributed by atoms with Crippen LogP contribution in [0, 0.1) is 24.5 Å². The molecule has 0 aromatic heterocycles. The average molecular weight is 471 g/mol. The van der Waals surface area contributed by atoms with Crippen molar-refractivity contribution >= 4 is 0 Å². The van der Waals surface area contributed by atoms with E-state index in [9.17, 15) is 8.78 Å². The summed E-state index contributed by atoms with van der Waals surface area (Å²) in [6, 6.07) is 11.7. The van der Waals surface area contributed by atoms with Crippen molar-refractivity contribution in [1.29, 1.82) is 0 Å². The lowest BCUT2D eigenvalue weighted by Gasteiger charge is -2.29. The van der Waals surface area contributed by atoms with E-state index in [0.29, 0.717) is 6.61 Å². The van der Waals surface area contributed by atoms with Gasteiger partial charge in [-0.25, -0.2) is 8.78 Å². The van der Waals surface area contributed by atoms with Gasteiger partial charge in [-0.3, -0.25) is 0 Å². The summed E-state index contributed by atoms with van der Waals surface area (Å²) in [7, 11) is 0. The molecule has 2 nitrogen and oxygen atoms in total. The molecule has 0 aliphatic heterocycles. The van der Waals surface area contributed by atoms with E-state index in [1.54, 1.807) is 0 Å². The largest absolute Gasteiger partial charge is 0.494 e. The van der Waals surface area contributed by atoms with Gasteiger partial charge in [0.15, 0.2) is 0 Å². The zero-order valence-electron chi connectivity index (χ0n) is 20.8. The van der Waals surface area contributed by atoms with Crippen LogP contribution < -0.4 is 4.74 Å². The SMILES string of the molecule is Cc1c(F)cc(C2CCC(OCCCCOc3ccc(C4CCC(C)CC4)cc3)CC2)cc1F. The Bertz CT molecular complexity index is 872. The van der Waals surface area contributed by atoms with Crippen molar-refractivity contribution in [3.05, 3.63) is 64.7 Å². The highest BCUT2D eigenvalue weighted by Gasteiger charge is 2.24. The minimum Gasteiger partial charge on any atom is -0.494 e. The smallest absolute Gasteiger partial charge is 0.129 e. The van der Waals surface area contributed by atoms with Crippen LogP contribution >= 0.6 is 0 Å². The van der Waals surface area contributed by atoms with Gasteiger partial charge in [-0.1, -0.05) is 31.9 Å². The Balaban J connectivity index is 1.08. The first kappa shape index (κ1) is 25.2. The highest BCUT2D eigenvalue weighted by atomic mass is 19.1. The van der Waals surface area contributed by atoms with Gasteiger partial charge in [0.1, 0.15) is 17.4 Å². The van der Waals surface area contributed by atoms with Crippen molar-refractivity contribution in [3.8, 4) is 5.75 Å². The summed E-state index contributed by atoms with van der Waals surface area (Å²) in [4.78, 5) is 0. The predicted molar refractivity (Wildman–Crippen MR) is 134 cm³/mol. The van der Waals surface area contributed by atoms with E-state index in [4.69, 9.17) is 9.47 Å². The third-order valence-corrected chi connectivity index (χ3v) is 7.98. The standard InChI is InChI=1S/C30H40F2O2/c1-21-5-7-23(8-6-21)24-9-13-27(14-10-24)33-17-3-4-18-34-28-15-11-25(12-16-28)26-19-29(31)22(2)30(32)20-26/h9-10,13-14,19-21,23,25,28H,3-8,11-12,15-18H2,1-2H3. The number of rotatable bonds is 9. The van der Waals surface area contributed by atoms with Crippen LogP contribution in [0.15, 0.2) is 36.4 Å². The molecule has 0 saturated heterocycles. The zero-order valence-corrected chi connectivity index (χ0v) is 20.8. The number of ether oxygens (including phenoxy) is 2. The summed E-state index contributed by atoms with van der Waals surface area (Å²) in [6.07, 6.45) is 11.3. The predicted octanol–water partition coefficient (Wildman–Crippen LogP) is 8.47. The van der Waals surface area contributed by atoms with Crippen molar-refractivity contribution in [2.45, 2.75) is 96.0 Å². The first-order valence-corrected chi connectivity index (χ1v) is 13.3. The molecular weight excluding hydrogens is 430 g/mol. The summed E-state index contributed by atoms with van der Waals surface area (Å²) in [5.41, 5.74) is 2.36. The summed E-state index contributed by atoms with van der Waals surface area (Å²) in [5.74, 6) is 1.91. The Morgan fingerprint density at radius 3 is 1.94 bits per heavy atom. The third kappa shape index (κ3) is 6.81. The van der Waals surface area contributed by atoms with Crippen molar-refractivity contribution in [3.63, 3.8) is 0 Å². The van der Waals surface area contributed by atoms with Gasteiger partial charge < -0.3 is 9.47 Å². The van der Waals surface area contributed by atoms with Gasteiger partial charge in [0.05, 0.1) is 12.7 Å². The van der Waals surface area contributed by atoms with Gasteiger partial charge in [0, 0.05) is 12.2 Å². The van der Waals surface area contributed by atoms with Gasteiger partial charge in [-0.05, 0) is 111 Å². The summed E-state index contributed by atoms with van der Waals surface area (Å²) in [6.45, 7) is 5.30. The number of halogens is 2. The Morgan fingerprint density at radius 1 is 0.735 bits per heavy atom. The van der Waals surface area contributed by atoms with E-state index in [0.717, 1.165) is 68.3 Å². The van der Waals surface area contributed by atoms with Crippen LogP contribution in [-0.2, 0) is 4.74 Å². The molecule has 2 aliphatic rings. The lowest BCUT2D eigenvalue weighted by atomic mass is 9.79. The van der Waals surface area contributed by atoms with E-state index in [1.165, 1.54) is 50.3 Å². The molecule has 0 unspecified atom stereocenters. The van der Waals surface area contributed by atoms with Crippen LogP contribution in [0.1, 0.15) is 99.7 Å². The number of hydrogen-bond donors (Lipinski definition) is 0. The van der Waals surface area contributed by atoms with Crippen molar-refractivity contribution in [2.24, 2.45) is 5.92 Å². The van der Waals surface area contributed by atoms with Crippen LogP contribution in [-0.4, -0.2) is 19.3 Å². The van der Waals surface area contributed by atoms with Crippen molar-refractivity contribution in [2.75, 3.05) is 13.2 Å². The zero-order chi connectivity index (χ0) is 23.9. The average Bonchev–Trinajstić information content (AvgIpc) is 2.85. The maximum atomic E-state index is 13.9. The molecule has 2 saturated carbocycles.